The number of primary amides is 1. The van der Waals surface area contributed by atoms with Gasteiger partial charge in [-0.1, -0.05) is 18.2 Å². The van der Waals surface area contributed by atoms with Gasteiger partial charge in [-0.2, -0.15) is 0 Å². The number of nitrogens with zero attached hydrogens (tertiary/aromatic N) is 6. The molecule has 116 heavy (non-hydrogen) atoms. The zero-order valence-corrected chi connectivity index (χ0v) is 65.9. The minimum Gasteiger partial charge on any atom is -0.480 e. The van der Waals surface area contributed by atoms with Crippen LogP contribution in [0.5, 0.6) is 0 Å². The number of guanidine groups is 5. The molecule has 1 saturated heterocycles. The number of carboxylic acids is 1. The number of nitrogens with one attached hydrogen (secondary N) is 11. The molecule has 0 aliphatic carbocycles. The third-order valence-electron chi connectivity index (χ3n) is 18.5. The quantitative estimate of drug-likeness (QED) is 0.0166. The number of aliphatic carboxylic acids is 1. The molecule has 1 aliphatic heterocycles. The van der Waals surface area contributed by atoms with Crippen molar-refractivity contribution in [2.75, 3.05) is 52.4 Å². The molecule has 0 saturated carbocycles. The number of fused-ring (bicyclic) bond motifs is 1. The van der Waals surface area contributed by atoms with Crippen LogP contribution in [-0.2, 0) is 68.7 Å². The third kappa shape index (κ3) is 36.9. The lowest BCUT2D eigenvalue weighted by Gasteiger charge is -2.29. The zero-order valence-electron chi connectivity index (χ0n) is 65.9. The Labute approximate surface area is 671 Å². The summed E-state index contributed by atoms with van der Waals surface area (Å²) in [6, 6.07) is -10.4. The second kappa shape index (κ2) is 52.5. The van der Waals surface area contributed by atoms with Crippen molar-refractivity contribution < 1.29 is 72.5 Å². The number of aliphatic hydroxyl groups excluding tert-OH is 1. The van der Waals surface area contributed by atoms with Gasteiger partial charge in [0.2, 0.25) is 70.9 Å². The minimum absolute atomic E-state index is 0.00566. The number of aliphatic hydroxyl groups is 1. The highest BCUT2D eigenvalue weighted by molar-refractivity contribution is 6.00. The molecule has 0 bridgehead atoms. The standard InChI is InChI=1S/C70H123N31O15/c1-37(91-55(105)44(19-9-29-85-66(75)76)95-62(112)49(25-26-52(73)103)99-63(113)51-24-14-34-101(51)64(114)53(74)38(2)102)54(104)92-45(20-10-30-86-67(77)78)58(108)96-47(22-12-32-88-69(81)82)60(110)97-46(21-11-31-87-68(79)80)59(109)94-42(17-5-7-27-71)56(106)93-43(18-6-8-28-72)57(107)98-48(23-13-33-89-70(83)84)61(111)100-50(65(115)116)35-39-36-90-41-16-4-3-15-40(39)41/h3-4,15-16,36-38,42-51,53,90,102H,5-14,17-35,71-72,74H2,1-2H3,(H2,73,103)(H,91,105)(H,92,104)(H,93,106)(H,94,109)(H,95,112)(H,96,108)(H,97,110)(H,98,107)(H,99,113)(H,100,111)(H,115,116)(H4,75,76,85)(H4,77,78,86)(H4,79,80,87)(H4,81,82,88)(H4,83,84,89)/t37-,38+,42-,43-,44-,45-,46-,47-,48-,49-,50-,51-,53-/m0/s1. The van der Waals surface area contributed by atoms with Crippen LogP contribution in [0.4, 0.5) is 0 Å². The maximum absolute atomic E-state index is 14.9. The zero-order chi connectivity index (χ0) is 86.6. The monoisotopic (exact) mass is 1640 g/mol. The number of H-pyrrole nitrogens is 1. The number of para-hydroxylation sites is 1. The van der Waals surface area contributed by atoms with E-state index >= 15 is 0 Å². The largest absolute Gasteiger partial charge is 0.480 e. The van der Waals surface area contributed by atoms with Gasteiger partial charge in [-0.05, 0) is 161 Å². The summed E-state index contributed by atoms with van der Waals surface area (Å²) >= 11 is 0. The Balaban J connectivity index is 2.03. The molecule has 12 amide bonds. The fraction of sp³-hybridized carbons (Fsp3) is 0.629. The fourth-order valence-electron chi connectivity index (χ4n) is 12.2. The van der Waals surface area contributed by atoms with E-state index in [4.69, 9.17) is 80.3 Å². The van der Waals surface area contributed by atoms with Crippen molar-refractivity contribution in [1.29, 1.82) is 0 Å². The summed E-state index contributed by atoms with van der Waals surface area (Å²) in [6.07, 6.45) is 0.229. The van der Waals surface area contributed by atoms with Gasteiger partial charge in [-0.3, -0.25) is 82.5 Å². The summed E-state index contributed by atoms with van der Waals surface area (Å²) in [5.41, 5.74) is 80.4. The Bertz CT molecular complexity index is 3720. The van der Waals surface area contributed by atoms with Crippen molar-refractivity contribution in [3.8, 4) is 0 Å². The molecule has 1 aromatic carbocycles. The van der Waals surface area contributed by atoms with E-state index in [0.29, 0.717) is 24.8 Å². The number of hydrogen-bond donors (Lipinski definition) is 27. The summed E-state index contributed by atoms with van der Waals surface area (Å²) in [5, 5.41) is 47.2. The Morgan fingerprint density at radius 1 is 0.448 bits per heavy atom. The Kier molecular flexibility index (Phi) is 44.4. The fourth-order valence-corrected chi connectivity index (χ4v) is 12.2. The van der Waals surface area contributed by atoms with Crippen LogP contribution in [0.2, 0.25) is 0 Å². The number of rotatable bonds is 56. The van der Waals surface area contributed by atoms with E-state index in [1.807, 2.05) is 0 Å². The van der Waals surface area contributed by atoms with Crippen molar-refractivity contribution in [1.82, 2.24) is 63.1 Å². The number of likely N-dealkylation sites (tertiary alicyclic amines) is 1. The third-order valence-corrected chi connectivity index (χ3v) is 18.5. The van der Waals surface area contributed by atoms with Crippen LogP contribution in [0.25, 0.3) is 10.9 Å². The number of hydrogen-bond acceptors (Lipinski definition) is 22. The van der Waals surface area contributed by atoms with E-state index in [2.05, 4.69) is 83.1 Å². The number of nitrogens with two attached hydrogens (primary N) is 14. The number of aromatic nitrogens is 1. The molecular weight excluding hydrogens is 1510 g/mol. The molecule has 46 nitrogen and oxygen atoms in total. The summed E-state index contributed by atoms with van der Waals surface area (Å²) < 4.78 is 0. The number of carbonyl (C=O) groups excluding carboxylic acids is 12. The first-order chi connectivity index (χ1) is 55.0. The average Bonchev–Trinajstić information content (AvgIpc) is 1.60. The maximum Gasteiger partial charge on any atom is 0.326 e. The van der Waals surface area contributed by atoms with Crippen molar-refractivity contribution >= 4 is 118 Å². The lowest BCUT2D eigenvalue weighted by atomic mass is 10.0. The van der Waals surface area contributed by atoms with Crippen molar-refractivity contribution in [2.24, 2.45) is 105 Å². The number of aromatic amines is 1. The number of unbranched alkanes of at least 4 members (excludes halogenated alkanes) is 2. The van der Waals surface area contributed by atoms with Gasteiger partial charge in [-0.25, -0.2) is 4.79 Å². The predicted octanol–water partition coefficient (Wildman–Crippen LogP) is -9.85. The first kappa shape index (κ1) is 98.3. The van der Waals surface area contributed by atoms with E-state index < -0.39 is 162 Å². The van der Waals surface area contributed by atoms with Gasteiger partial charge in [0.05, 0.1) is 6.10 Å². The van der Waals surface area contributed by atoms with Crippen LogP contribution in [0.15, 0.2) is 55.4 Å². The topological polar surface area (TPSA) is 828 Å². The number of aliphatic imine (C=N–C) groups is 5. The number of carbonyl (C=O) groups is 13. The molecule has 0 unspecified atom stereocenters. The van der Waals surface area contributed by atoms with Gasteiger partial charge >= 0.3 is 5.97 Å². The minimum atomic E-state index is -1.57. The van der Waals surface area contributed by atoms with Crippen LogP contribution in [0, 0.1) is 0 Å². The molecule has 41 N–H and O–H groups in total. The molecule has 0 radical (unpaired) electrons. The number of benzene rings is 1. The van der Waals surface area contributed by atoms with Gasteiger partial charge in [0, 0.05) is 69.2 Å². The lowest BCUT2D eigenvalue weighted by Crippen LogP contribution is -2.60. The van der Waals surface area contributed by atoms with E-state index in [0.717, 1.165) is 10.9 Å². The SMILES string of the molecule is C[C@H](NC(=O)[C@H](CCCN=C(N)N)NC(=O)[C@H](CCC(N)=O)NC(=O)[C@@H]1CCCN1C(=O)[C@@H](N)[C@@H](C)O)C(=O)N[C@@H](CCCN=C(N)N)C(=O)N[C@@H](CCCN=C(N)N)C(=O)N[C@@H](CCCN=C(N)N)C(=O)N[C@@H](CCCCN)C(=O)N[C@@H](CCCCN)C(=O)N[C@@H](CCCN=C(N)N)C(=O)N[C@@H](Cc1c[nH]c2ccccc12)C(=O)O. The molecule has 1 aromatic heterocycles. The molecule has 13 atom stereocenters. The van der Waals surface area contributed by atoms with Gasteiger partial charge < -0.3 is 154 Å². The molecule has 2 aromatic rings. The second-order valence-corrected chi connectivity index (χ2v) is 28.0. The van der Waals surface area contributed by atoms with Crippen LogP contribution >= 0.6 is 0 Å². The normalized spacial score (nSPS) is 15.4. The Hall–Kier alpha value is -11.9. The number of carboxylic acid groups (broad SMARTS) is 1. The smallest absolute Gasteiger partial charge is 0.326 e. The predicted molar refractivity (Wildman–Crippen MR) is 433 cm³/mol. The van der Waals surface area contributed by atoms with Crippen molar-refractivity contribution in [3.05, 3.63) is 36.0 Å². The highest BCUT2D eigenvalue weighted by Gasteiger charge is 2.41. The highest BCUT2D eigenvalue weighted by Crippen LogP contribution is 2.22. The second-order valence-electron chi connectivity index (χ2n) is 28.0. The average molecular weight is 1640 g/mol. The summed E-state index contributed by atoms with van der Waals surface area (Å²) in [6.45, 7) is 2.71. The molecule has 1 aliphatic rings. The van der Waals surface area contributed by atoms with Crippen LogP contribution < -0.4 is 133 Å². The van der Waals surface area contributed by atoms with Gasteiger partial charge in [0.15, 0.2) is 29.8 Å². The molecule has 648 valence electrons. The van der Waals surface area contributed by atoms with E-state index in [-0.39, 0.29) is 191 Å². The molecule has 1 fully saturated rings. The maximum atomic E-state index is 14.9. The molecule has 3 rings (SSSR count). The highest BCUT2D eigenvalue weighted by atomic mass is 16.4. The summed E-state index contributed by atoms with van der Waals surface area (Å²) in [5.74, 6) is -13.8. The molecular formula is C70H123N31O15. The van der Waals surface area contributed by atoms with Gasteiger partial charge in [0.1, 0.15) is 72.5 Å². The first-order valence-electron chi connectivity index (χ1n) is 38.5. The van der Waals surface area contributed by atoms with E-state index in [1.54, 1.807) is 30.5 Å². The molecule has 2 heterocycles. The number of amides is 12. The first-order valence-corrected chi connectivity index (χ1v) is 38.5. The summed E-state index contributed by atoms with van der Waals surface area (Å²) in [7, 11) is 0. The van der Waals surface area contributed by atoms with Gasteiger partial charge in [0.25, 0.3) is 0 Å². The van der Waals surface area contributed by atoms with Gasteiger partial charge in [-0.15, -0.1) is 0 Å². The molecule has 46 heteroatoms. The van der Waals surface area contributed by atoms with Crippen molar-refractivity contribution in [3.63, 3.8) is 0 Å². The van der Waals surface area contributed by atoms with Crippen LogP contribution in [-0.4, -0.2) is 258 Å². The Morgan fingerprint density at radius 2 is 0.776 bits per heavy atom. The molecule has 0 spiro atoms. The summed E-state index contributed by atoms with van der Waals surface area (Å²) in [4.78, 5) is 207. The lowest BCUT2D eigenvalue weighted by molar-refractivity contribution is -0.142. The van der Waals surface area contributed by atoms with Crippen LogP contribution in [0.1, 0.15) is 148 Å². The van der Waals surface area contributed by atoms with Crippen molar-refractivity contribution in [2.45, 2.75) is 227 Å². The Morgan fingerprint density at radius 3 is 1.11 bits per heavy atom. The van der Waals surface area contributed by atoms with E-state index in [9.17, 15) is 72.5 Å². The van der Waals surface area contributed by atoms with Crippen LogP contribution in [0.3, 0.4) is 0 Å². The van der Waals surface area contributed by atoms with E-state index in [1.165, 1.54) is 18.7 Å².